The molecule has 0 aliphatic rings. The lowest BCUT2D eigenvalue weighted by molar-refractivity contribution is -0.138. The first-order valence-corrected chi connectivity index (χ1v) is 4.12. The van der Waals surface area contributed by atoms with Crippen molar-refractivity contribution in [2.75, 3.05) is 0 Å². The van der Waals surface area contributed by atoms with Gasteiger partial charge in [-0.2, -0.15) is 0 Å². The molecule has 0 spiro atoms. The van der Waals surface area contributed by atoms with E-state index in [1.54, 1.807) is 0 Å². The van der Waals surface area contributed by atoms with E-state index in [0.29, 0.717) is 0 Å². The van der Waals surface area contributed by atoms with Crippen molar-refractivity contribution < 1.29 is 23.1 Å². The lowest BCUT2D eigenvalue weighted by atomic mass is 10.0. The van der Waals surface area contributed by atoms with Gasteiger partial charge in [0, 0.05) is 5.69 Å². The highest BCUT2D eigenvalue weighted by molar-refractivity contribution is 5.68. The third-order valence-electron chi connectivity index (χ3n) is 1.83. The maximum absolute atomic E-state index is 12.4. The molecule has 1 N–H and O–H groups in total. The quantitative estimate of drug-likeness (QED) is 0.842. The lowest BCUT2D eigenvalue weighted by Crippen LogP contribution is -2.15. The Labute approximate surface area is 83.6 Å². The Morgan fingerprint density at radius 2 is 2.13 bits per heavy atom. The molecule has 82 valence electrons. The van der Waals surface area contributed by atoms with Crippen molar-refractivity contribution in [1.82, 2.24) is 4.98 Å². The highest BCUT2D eigenvalue weighted by Crippen LogP contribution is 2.25. The Morgan fingerprint density at radius 1 is 1.47 bits per heavy atom. The van der Waals surface area contributed by atoms with Gasteiger partial charge in [-0.25, -0.2) is 13.2 Å². The van der Waals surface area contributed by atoms with E-state index in [-0.39, 0.29) is 5.69 Å². The fourth-order valence-electron chi connectivity index (χ4n) is 1.12. The number of hydrogen-bond acceptors (Lipinski definition) is 2. The minimum atomic E-state index is -2.83. The predicted octanol–water partition coefficient (Wildman–Crippen LogP) is 2.04. The number of nitrogens with zero attached hydrogens (tertiary/aromatic N) is 1. The molecule has 3 nitrogen and oxygen atoms in total. The maximum atomic E-state index is 12.4. The van der Waals surface area contributed by atoms with E-state index in [0.717, 1.165) is 18.3 Å². The molecule has 1 aromatic rings. The molecule has 15 heavy (non-hydrogen) atoms. The summed E-state index contributed by atoms with van der Waals surface area (Å²) in [6.07, 6.45) is -2.78. The number of aliphatic carboxylic acids is 1. The van der Waals surface area contributed by atoms with Gasteiger partial charge >= 0.3 is 5.97 Å². The number of rotatable bonds is 4. The van der Waals surface area contributed by atoms with Crippen LogP contribution in [-0.2, 0) is 4.79 Å². The molecule has 6 heteroatoms. The van der Waals surface area contributed by atoms with Gasteiger partial charge in [-0.15, -0.1) is 0 Å². The van der Waals surface area contributed by atoms with E-state index in [1.807, 2.05) is 0 Å². The standard InChI is InChI=1S/C9H8F3NO2/c10-5-1-2-7(13-4-5)6(9(11)12)3-8(14)15/h1-2,4,6,9H,3H2,(H,14,15). The van der Waals surface area contributed by atoms with Crippen LogP contribution in [-0.4, -0.2) is 22.5 Å². The summed E-state index contributed by atoms with van der Waals surface area (Å²) in [5.41, 5.74) is -0.117. The Morgan fingerprint density at radius 3 is 2.53 bits per heavy atom. The first-order chi connectivity index (χ1) is 7.00. The maximum Gasteiger partial charge on any atom is 0.304 e. The van der Waals surface area contributed by atoms with Crippen LogP contribution in [0.2, 0.25) is 0 Å². The molecular weight excluding hydrogens is 211 g/mol. The van der Waals surface area contributed by atoms with Crippen LogP contribution in [0.25, 0.3) is 0 Å². The van der Waals surface area contributed by atoms with Gasteiger partial charge in [0.1, 0.15) is 5.82 Å². The molecule has 0 fully saturated rings. The Hall–Kier alpha value is -1.59. The largest absolute Gasteiger partial charge is 0.481 e. The average molecular weight is 219 g/mol. The van der Waals surface area contributed by atoms with Gasteiger partial charge in [0.05, 0.1) is 18.5 Å². The van der Waals surface area contributed by atoms with Crippen LogP contribution in [0.4, 0.5) is 13.2 Å². The second-order valence-corrected chi connectivity index (χ2v) is 2.94. The molecule has 1 rings (SSSR count). The molecule has 0 aromatic carbocycles. The molecule has 0 bridgehead atoms. The zero-order valence-corrected chi connectivity index (χ0v) is 7.53. The number of carboxylic acid groups (broad SMARTS) is 1. The highest BCUT2D eigenvalue weighted by atomic mass is 19.3. The summed E-state index contributed by atoms with van der Waals surface area (Å²) < 4.78 is 37.3. The van der Waals surface area contributed by atoms with Crippen LogP contribution in [0.3, 0.4) is 0 Å². The zero-order chi connectivity index (χ0) is 11.4. The summed E-state index contributed by atoms with van der Waals surface area (Å²) in [6, 6.07) is 2.04. The second kappa shape index (κ2) is 4.77. The molecule has 1 heterocycles. The lowest BCUT2D eigenvalue weighted by Gasteiger charge is -2.12. The van der Waals surface area contributed by atoms with Crippen molar-refractivity contribution in [3.63, 3.8) is 0 Å². The summed E-state index contributed by atoms with van der Waals surface area (Å²) in [4.78, 5) is 13.8. The van der Waals surface area contributed by atoms with Gasteiger partial charge < -0.3 is 5.11 Å². The first-order valence-electron chi connectivity index (χ1n) is 4.12. The fourth-order valence-corrected chi connectivity index (χ4v) is 1.12. The van der Waals surface area contributed by atoms with E-state index in [4.69, 9.17) is 5.11 Å². The van der Waals surface area contributed by atoms with Crippen LogP contribution in [0, 0.1) is 5.82 Å². The van der Waals surface area contributed by atoms with Crippen LogP contribution in [0.5, 0.6) is 0 Å². The van der Waals surface area contributed by atoms with Crippen LogP contribution in [0.15, 0.2) is 18.3 Å². The Bertz CT molecular complexity index is 340. The molecule has 0 radical (unpaired) electrons. The molecule has 0 aliphatic carbocycles. The molecule has 0 aliphatic heterocycles. The van der Waals surface area contributed by atoms with E-state index in [9.17, 15) is 18.0 Å². The summed E-state index contributed by atoms with van der Waals surface area (Å²) in [7, 11) is 0. The van der Waals surface area contributed by atoms with Gasteiger partial charge in [-0.3, -0.25) is 9.78 Å². The number of hydrogen-bond donors (Lipinski definition) is 1. The molecule has 1 atom stereocenters. The van der Waals surface area contributed by atoms with E-state index in [2.05, 4.69) is 4.98 Å². The monoisotopic (exact) mass is 219 g/mol. The van der Waals surface area contributed by atoms with E-state index in [1.165, 1.54) is 0 Å². The molecular formula is C9H8F3NO2. The normalized spacial score (nSPS) is 12.8. The number of aromatic nitrogens is 1. The van der Waals surface area contributed by atoms with E-state index < -0.39 is 30.6 Å². The van der Waals surface area contributed by atoms with Crippen molar-refractivity contribution in [3.05, 3.63) is 29.8 Å². The number of pyridine rings is 1. The summed E-state index contributed by atoms with van der Waals surface area (Å²) in [5.74, 6) is -3.49. The first kappa shape index (κ1) is 11.5. The van der Waals surface area contributed by atoms with Gasteiger partial charge in [0.25, 0.3) is 0 Å². The average Bonchev–Trinajstić information content (AvgIpc) is 2.15. The van der Waals surface area contributed by atoms with Crippen LogP contribution in [0.1, 0.15) is 18.0 Å². The van der Waals surface area contributed by atoms with E-state index >= 15 is 0 Å². The molecule has 0 saturated heterocycles. The molecule has 0 saturated carbocycles. The minimum Gasteiger partial charge on any atom is -0.481 e. The third-order valence-corrected chi connectivity index (χ3v) is 1.83. The van der Waals surface area contributed by atoms with Crippen LogP contribution < -0.4 is 0 Å². The molecule has 0 amide bonds. The number of carbonyl (C=O) groups is 1. The number of carboxylic acids is 1. The molecule has 1 aromatic heterocycles. The highest BCUT2D eigenvalue weighted by Gasteiger charge is 2.26. The SMILES string of the molecule is O=C(O)CC(c1ccc(F)cn1)C(F)F. The van der Waals surface area contributed by atoms with Crippen molar-refractivity contribution in [2.45, 2.75) is 18.8 Å². The topological polar surface area (TPSA) is 50.2 Å². The second-order valence-electron chi connectivity index (χ2n) is 2.94. The van der Waals surface area contributed by atoms with Gasteiger partial charge in [-0.1, -0.05) is 0 Å². The van der Waals surface area contributed by atoms with Gasteiger partial charge in [-0.05, 0) is 12.1 Å². The fraction of sp³-hybridized carbons (Fsp3) is 0.333. The Balaban J connectivity index is 2.88. The smallest absolute Gasteiger partial charge is 0.304 e. The number of halogens is 3. The van der Waals surface area contributed by atoms with Crippen molar-refractivity contribution >= 4 is 5.97 Å². The number of alkyl halides is 2. The van der Waals surface area contributed by atoms with Crippen molar-refractivity contribution in [1.29, 1.82) is 0 Å². The summed E-state index contributed by atoms with van der Waals surface area (Å²) in [6.45, 7) is 0. The molecule has 1 unspecified atom stereocenters. The van der Waals surface area contributed by atoms with Gasteiger partial charge in [0.2, 0.25) is 6.43 Å². The van der Waals surface area contributed by atoms with Gasteiger partial charge in [0.15, 0.2) is 0 Å². The van der Waals surface area contributed by atoms with Crippen molar-refractivity contribution in [3.8, 4) is 0 Å². The zero-order valence-electron chi connectivity index (χ0n) is 7.53. The predicted molar refractivity (Wildman–Crippen MR) is 45.2 cm³/mol. The van der Waals surface area contributed by atoms with Crippen molar-refractivity contribution in [2.24, 2.45) is 0 Å². The summed E-state index contributed by atoms with van der Waals surface area (Å²) >= 11 is 0. The Kier molecular flexibility index (Phi) is 3.65. The van der Waals surface area contributed by atoms with Crippen LogP contribution >= 0.6 is 0 Å². The summed E-state index contributed by atoms with van der Waals surface area (Å²) in [5, 5.41) is 8.41. The third kappa shape index (κ3) is 3.23. The minimum absolute atomic E-state index is 0.117.